The van der Waals surface area contributed by atoms with Crippen LogP contribution in [0.5, 0.6) is 0 Å². The number of carbonyl (C=O) groups is 5. The van der Waals surface area contributed by atoms with E-state index in [1.807, 2.05) is 0 Å². The molecule has 706 valence electrons. The summed E-state index contributed by atoms with van der Waals surface area (Å²) in [4.78, 5) is 63.9. The van der Waals surface area contributed by atoms with Crippen LogP contribution < -0.4 is 26.6 Å². The first-order chi connectivity index (χ1) is 57.1. The van der Waals surface area contributed by atoms with Crippen molar-refractivity contribution in [3.63, 3.8) is 0 Å². The predicted molar refractivity (Wildman–Crippen MR) is 374 cm³/mol. The highest BCUT2D eigenvalue weighted by Gasteiger charge is 2.61. The molecule has 0 bridgehead atoms. The monoisotopic (exact) mass is 1830 g/mol. The van der Waals surface area contributed by atoms with Crippen molar-refractivity contribution in [2.75, 3.05) is 52.9 Å². The molecular weight excluding hydrogens is 1720 g/mol. The van der Waals surface area contributed by atoms with Crippen molar-refractivity contribution in [2.45, 2.75) is 318 Å². The van der Waals surface area contributed by atoms with E-state index in [-0.39, 0.29) is 0 Å². The number of ether oxygens (including phenoxy) is 17. The van der Waals surface area contributed by atoms with Crippen LogP contribution >= 0.6 is 0 Å². The molecule has 9 rings (SSSR count). The third kappa shape index (κ3) is 24.4. The number of hydrogen-bond acceptors (Lipinski definition) is 49. The van der Waals surface area contributed by atoms with E-state index in [0.717, 1.165) is 34.6 Å². The molecule has 9 aliphatic heterocycles. The Bertz CT molecular complexity index is 3640. The van der Waals surface area contributed by atoms with Crippen molar-refractivity contribution in [3.8, 4) is 0 Å². The van der Waals surface area contributed by atoms with Crippen molar-refractivity contribution >= 4 is 50.3 Å². The van der Waals surface area contributed by atoms with Crippen LogP contribution in [0.1, 0.15) is 41.5 Å². The van der Waals surface area contributed by atoms with Gasteiger partial charge in [-0.15, -0.1) is 0 Å². The molecule has 45 atom stereocenters. The zero-order chi connectivity index (χ0) is 90.5. The van der Waals surface area contributed by atoms with Crippen LogP contribution in [0.25, 0.3) is 0 Å². The summed E-state index contributed by atoms with van der Waals surface area (Å²) >= 11 is 0. The Balaban J connectivity index is 1.12. The molecule has 9 heterocycles. The Morgan fingerprint density at radius 1 is 0.270 bits per heavy atom. The SMILES string of the molecule is CC(=O)N[C@@H]1[C@@H](O)[C@H](O[C@@H]2O[C@H](CO)[C@@H](O[C@@H]3O[C@H](CO[C@H]4O[C@H](CO)[C@@H](O)[C@H](O)[C@@H]4O[C@@H]4O[C@H](COS(=O)(=O)O)[C@@H](O)[C@H](O)[C@H]4NC(C)=O)[C@@H](O)[C@H](O[C@H]4O[C@H](CO)[C@@H](O[C@@H]5O[C@H](CO)[C@@H](O)[C@H](O)[C@H]5NC(C)=O)[C@H](O)[C@@H]4O[C@@H]4O[C@H](COS(=O)(=O)O)[C@@H](O)[C@H](O)[C@H]4NC(C)=O)[C@@H]3O)[C@H](O)[C@H]2NC(C)=O)[C@@H](CO[C@@H]2O[C@@H](C)[C@@H](O)[C@@H](O)[C@@H]2O)O[C@H]1O. The predicted octanol–water partition coefficient (Wildman–Crippen LogP) is -19.2. The normalized spacial score (nSPS) is 46.1. The standard InChI is InChI=1S/C64H107N5O51S2/c1-15-34(79)45(90)47(92)61(106-15)102-12-28-52(43(88)29(56(95)107-28)65-16(2)74)116-60-33(69-20(6)78)44(89)50(23(9-72)110-60)117-62-49(94)53(39(84)25(114-62)11-103-63-54(46(91)36(81)22(8-71)109-63)119-58-31(67-18(4)76)41(86)37(82)26(112-58)13-104-121(96,97)98)118-64-55(120-59-32(68-19(5)77)42(87)38(83)27(113-59)14-105-122(99,100)101)48(93)51(24(10-73)111-64)115-57-30(66-17(3)75)40(85)35(80)21(7-70)108-57/h15,21-64,70-73,79-95H,7-14H2,1-6H3,(H,65,74)(H,66,75)(H,67,76)(H,68,77)(H,69,78)(H,96,97,98)(H,99,100,101)/t15-,21+,22+,23+,24+,25+,26+,27+,28+,29+,30+,31+,32+,33+,34+,35+,36+,37+,38+,39+,40+,41+,42+,43+,44+,45+,46-,47-,48-,49-,50+,51+,52+,53-,54-,55-,56+,57-,58-,59-,60-,61+,62-,63-,64+/m0/s1. The molecule has 122 heavy (non-hydrogen) atoms. The second-order valence-corrected chi connectivity index (χ2v) is 32.2. The topological polar surface area (TPSA) is 854 Å². The Morgan fingerprint density at radius 2 is 0.582 bits per heavy atom. The van der Waals surface area contributed by atoms with Crippen molar-refractivity contribution in [1.82, 2.24) is 26.6 Å². The van der Waals surface area contributed by atoms with E-state index < -0.39 is 379 Å². The van der Waals surface area contributed by atoms with Gasteiger partial charge in [0.1, 0.15) is 213 Å². The fourth-order valence-corrected chi connectivity index (χ4v) is 15.6. The fourth-order valence-electron chi connectivity index (χ4n) is 15.0. The zero-order valence-electron chi connectivity index (χ0n) is 65.2. The van der Waals surface area contributed by atoms with Gasteiger partial charge in [-0.1, -0.05) is 0 Å². The van der Waals surface area contributed by atoms with Crippen LogP contribution in [0.4, 0.5) is 0 Å². The van der Waals surface area contributed by atoms with E-state index in [2.05, 4.69) is 35.0 Å². The summed E-state index contributed by atoms with van der Waals surface area (Å²) in [5.41, 5.74) is 0. The summed E-state index contributed by atoms with van der Waals surface area (Å²) in [6, 6.07) is -9.78. The smallest absolute Gasteiger partial charge is 0.394 e. The Morgan fingerprint density at radius 3 is 1.02 bits per heavy atom. The van der Waals surface area contributed by atoms with Gasteiger partial charge in [-0.05, 0) is 6.92 Å². The first kappa shape index (κ1) is 101. The molecule has 9 aliphatic rings. The molecule has 0 saturated carbocycles. The lowest BCUT2D eigenvalue weighted by molar-refractivity contribution is -0.403. The second kappa shape index (κ2) is 43.3. The van der Waals surface area contributed by atoms with Gasteiger partial charge in [-0.25, -0.2) is 8.37 Å². The summed E-state index contributed by atoms with van der Waals surface area (Å²) in [6.07, 6.45) is -87.6. The van der Waals surface area contributed by atoms with Crippen LogP contribution in [0.15, 0.2) is 0 Å². The lowest BCUT2D eigenvalue weighted by atomic mass is 9.93. The summed E-state index contributed by atoms with van der Waals surface area (Å²) in [5, 5.41) is 251. The van der Waals surface area contributed by atoms with E-state index in [1.54, 1.807) is 0 Å². The van der Waals surface area contributed by atoms with Gasteiger partial charge in [-0.3, -0.25) is 33.1 Å². The first-order valence-corrected chi connectivity index (χ1v) is 40.5. The van der Waals surface area contributed by atoms with E-state index in [0.29, 0.717) is 0 Å². The number of amides is 5. The molecule has 0 aromatic rings. The molecule has 0 aliphatic carbocycles. The molecule has 58 heteroatoms. The molecule has 9 saturated heterocycles. The summed E-state index contributed by atoms with van der Waals surface area (Å²) < 4.78 is 176. The van der Waals surface area contributed by atoms with E-state index in [1.165, 1.54) is 6.92 Å². The van der Waals surface area contributed by atoms with Crippen LogP contribution in [-0.4, -0.2) is 492 Å². The van der Waals surface area contributed by atoms with E-state index in [4.69, 9.17) is 80.5 Å². The summed E-state index contributed by atoms with van der Waals surface area (Å²) in [5.74, 6) is -4.85. The summed E-state index contributed by atoms with van der Waals surface area (Å²) in [6.45, 7) is -3.99. The second-order valence-electron chi connectivity index (χ2n) is 30.0. The highest BCUT2D eigenvalue weighted by Crippen LogP contribution is 2.40. The van der Waals surface area contributed by atoms with Gasteiger partial charge in [0.25, 0.3) is 0 Å². The zero-order valence-corrected chi connectivity index (χ0v) is 66.8. The molecular formula is C64H107N5O51S2. The van der Waals surface area contributed by atoms with Gasteiger partial charge in [0.2, 0.25) is 29.5 Å². The number of rotatable bonds is 33. The van der Waals surface area contributed by atoms with Gasteiger partial charge in [0, 0.05) is 34.6 Å². The minimum atomic E-state index is -5.43. The molecule has 28 N–H and O–H groups in total. The van der Waals surface area contributed by atoms with Crippen LogP contribution in [0.3, 0.4) is 0 Å². The lowest BCUT2D eigenvalue weighted by Crippen LogP contribution is -2.71. The maximum atomic E-state index is 13.3. The molecule has 9 fully saturated rings. The Labute approximate surface area is 691 Å². The van der Waals surface area contributed by atoms with Gasteiger partial charge < -0.3 is 214 Å². The number of nitrogens with one attached hydrogen (secondary N) is 5. The van der Waals surface area contributed by atoms with Crippen molar-refractivity contribution in [1.29, 1.82) is 0 Å². The molecule has 0 aromatic heterocycles. The van der Waals surface area contributed by atoms with Gasteiger partial charge in [0.15, 0.2) is 56.6 Å². The minimum Gasteiger partial charge on any atom is -0.394 e. The molecule has 0 aromatic carbocycles. The molecule has 5 amide bonds. The number of aliphatic hydroxyl groups is 21. The van der Waals surface area contributed by atoms with Crippen molar-refractivity contribution in [2.24, 2.45) is 0 Å². The molecule has 0 radical (unpaired) electrons. The fraction of sp³-hybridized carbons (Fsp3) is 0.922. The van der Waals surface area contributed by atoms with Crippen molar-refractivity contribution in [3.05, 3.63) is 0 Å². The van der Waals surface area contributed by atoms with Gasteiger partial charge in [0.05, 0.1) is 59.0 Å². The average Bonchev–Trinajstić information content (AvgIpc) is 0.757. The number of carbonyl (C=O) groups excluding carboxylic acids is 5. The molecule has 0 spiro atoms. The number of aliphatic hydroxyl groups excluding tert-OH is 21. The van der Waals surface area contributed by atoms with Gasteiger partial charge in [-0.2, -0.15) is 16.8 Å². The highest BCUT2D eigenvalue weighted by atomic mass is 32.3. The lowest BCUT2D eigenvalue weighted by Gasteiger charge is -2.52. The quantitative estimate of drug-likeness (QED) is 0.0271. The highest BCUT2D eigenvalue weighted by molar-refractivity contribution is 7.81. The Kier molecular flexibility index (Phi) is 36.0. The van der Waals surface area contributed by atoms with Crippen LogP contribution in [-0.2, 0) is 134 Å². The Hall–Kier alpha value is -4.43. The molecule has 56 nitrogen and oxygen atoms in total. The maximum Gasteiger partial charge on any atom is 0.397 e. The van der Waals surface area contributed by atoms with E-state index >= 15 is 0 Å². The van der Waals surface area contributed by atoms with Gasteiger partial charge >= 0.3 is 20.8 Å². The average molecular weight is 1830 g/mol. The third-order valence-electron chi connectivity index (χ3n) is 21.1. The third-order valence-corrected chi connectivity index (χ3v) is 22.0. The molecule has 0 unspecified atom stereocenters. The van der Waals surface area contributed by atoms with Crippen LogP contribution in [0, 0.1) is 0 Å². The van der Waals surface area contributed by atoms with Crippen molar-refractivity contribution < 1.29 is 246 Å². The van der Waals surface area contributed by atoms with E-state index in [9.17, 15) is 157 Å². The van der Waals surface area contributed by atoms with Crippen LogP contribution in [0.2, 0.25) is 0 Å². The maximum absolute atomic E-state index is 13.3. The number of hydrogen-bond donors (Lipinski definition) is 28. The summed E-state index contributed by atoms with van der Waals surface area (Å²) in [7, 11) is -10.8. The minimum absolute atomic E-state index is 0.859. The largest absolute Gasteiger partial charge is 0.397 e. The first-order valence-electron chi connectivity index (χ1n) is 37.8.